The van der Waals surface area contributed by atoms with E-state index in [2.05, 4.69) is 14.9 Å². The van der Waals surface area contributed by atoms with Gasteiger partial charge in [-0.3, -0.25) is 4.90 Å². The van der Waals surface area contributed by atoms with Crippen molar-refractivity contribution in [2.45, 2.75) is 32.2 Å². The van der Waals surface area contributed by atoms with Crippen molar-refractivity contribution in [1.29, 1.82) is 0 Å². The van der Waals surface area contributed by atoms with Crippen molar-refractivity contribution in [3.63, 3.8) is 0 Å². The molecule has 1 aliphatic heterocycles. The molecule has 4 heteroatoms. The molecule has 0 amide bonds. The predicted octanol–water partition coefficient (Wildman–Crippen LogP) is 1.51. The zero-order valence-corrected chi connectivity index (χ0v) is 9.59. The van der Waals surface area contributed by atoms with Crippen LogP contribution in [0.25, 0.3) is 0 Å². The van der Waals surface area contributed by atoms with Gasteiger partial charge in [0.25, 0.3) is 0 Å². The fourth-order valence-corrected chi connectivity index (χ4v) is 2.18. The lowest BCUT2D eigenvalue weighted by Crippen LogP contribution is -2.35. The van der Waals surface area contributed by atoms with Crippen molar-refractivity contribution >= 4 is 6.29 Å². The number of carbonyl (C=O) groups excluding carboxylic acids is 1. The average molecular weight is 219 g/mol. The van der Waals surface area contributed by atoms with Crippen LogP contribution in [0.2, 0.25) is 0 Å². The van der Waals surface area contributed by atoms with Gasteiger partial charge < -0.3 is 4.79 Å². The summed E-state index contributed by atoms with van der Waals surface area (Å²) >= 11 is 0. The lowest BCUT2D eigenvalue weighted by molar-refractivity contribution is -0.113. The number of rotatable bonds is 3. The van der Waals surface area contributed by atoms with Crippen LogP contribution in [0.15, 0.2) is 12.3 Å². The van der Waals surface area contributed by atoms with Crippen LogP contribution in [0.3, 0.4) is 0 Å². The number of aryl methyl sites for hydroxylation is 1. The Kier molecular flexibility index (Phi) is 3.62. The zero-order valence-electron chi connectivity index (χ0n) is 9.59. The molecule has 2 heterocycles. The number of carbonyl (C=O) groups is 1. The summed E-state index contributed by atoms with van der Waals surface area (Å²) in [5.74, 6) is 0.723. The van der Waals surface area contributed by atoms with E-state index in [9.17, 15) is 4.79 Å². The summed E-state index contributed by atoms with van der Waals surface area (Å²) in [6.07, 6.45) is 6.33. The number of piperidine rings is 1. The molecule has 0 spiro atoms. The Morgan fingerprint density at radius 3 is 2.75 bits per heavy atom. The fraction of sp³-hybridized carbons (Fsp3) is 0.583. The molecule has 1 aromatic heterocycles. The maximum absolute atomic E-state index is 11.2. The summed E-state index contributed by atoms with van der Waals surface area (Å²) < 4.78 is 0. The molecule has 0 radical (unpaired) electrons. The Labute approximate surface area is 95.7 Å². The first-order chi connectivity index (χ1) is 7.81. The van der Waals surface area contributed by atoms with Crippen LogP contribution in [0.1, 0.15) is 36.8 Å². The third kappa shape index (κ3) is 2.44. The number of hydrogen-bond acceptors (Lipinski definition) is 4. The van der Waals surface area contributed by atoms with Gasteiger partial charge in [0.2, 0.25) is 0 Å². The average Bonchev–Trinajstić information content (AvgIpc) is 2.31. The van der Waals surface area contributed by atoms with Crippen LogP contribution < -0.4 is 0 Å². The van der Waals surface area contributed by atoms with Crippen molar-refractivity contribution in [2.75, 3.05) is 13.1 Å². The van der Waals surface area contributed by atoms with E-state index in [1.807, 2.05) is 13.0 Å². The molecular formula is C12H17N3O. The lowest BCUT2D eigenvalue weighted by Gasteiger charge is -2.30. The van der Waals surface area contributed by atoms with Crippen LogP contribution in [0.5, 0.6) is 0 Å². The second kappa shape index (κ2) is 5.16. The van der Waals surface area contributed by atoms with Gasteiger partial charge in [0, 0.05) is 6.20 Å². The summed E-state index contributed by atoms with van der Waals surface area (Å²) in [5.41, 5.74) is 0.824. The third-order valence-corrected chi connectivity index (χ3v) is 3.01. The zero-order chi connectivity index (χ0) is 11.4. The Balaban J connectivity index is 2.17. The van der Waals surface area contributed by atoms with Crippen LogP contribution >= 0.6 is 0 Å². The van der Waals surface area contributed by atoms with E-state index in [-0.39, 0.29) is 6.04 Å². The molecule has 0 bridgehead atoms. The van der Waals surface area contributed by atoms with E-state index in [0.717, 1.165) is 30.9 Å². The van der Waals surface area contributed by atoms with Gasteiger partial charge in [0.1, 0.15) is 18.2 Å². The first kappa shape index (κ1) is 11.2. The Hall–Kier alpha value is -1.29. The standard InChI is InChI=1S/C12H17N3O/c1-10-13-6-5-11(14-10)12(9-16)15-7-3-2-4-8-15/h5-6,9,12H,2-4,7-8H2,1H3. The normalized spacial score (nSPS) is 19.3. The van der Waals surface area contributed by atoms with E-state index in [1.165, 1.54) is 19.3 Å². The monoisotopic (exact) mass is 219 g/mol. The molecule has 0 N–H and O–H groups in total. The maximum Gasteiger partial charge on any atom is 0.143 e. The Morgan fingerprint density at radius 2 is 2.12 bits per heavy atom. The number of aldehydes is 1. The number of aromatic nitrogens is 2. The summed E-state index contributed by atoms with van der Waals surface area (Å²) in [7, 11) is 0. The van der Waals surface area contributed by atoms with E-state index >= 15 is 0 Å². The Bertz CT molecular complexity index is 361. The molecule has 1 aromatic rings. The van der Waals surface area contributed by atoms with Crippen molar-refractivity contribution in [3.8, 4) is 0 Å². The minimum absolute atomic E-state index is 0.193. The third-order valence-electron chi connectivity index (χ3n) is 3.01. The number of likely N-dealkylation sites (tertiary alicyclic amines) is 1. The van der Waals surface area contributed by atoms with Crippen molar-refractivity contribution in [2.24, 2.45) is 0 Å². The highest BCUT2D eigenvalue weighted by Gasteiger charge is 2.22. The molecule has 1 fully saturated rings. The molecule has 1 atom stereocenters. The van der Waals surface area contributed by atoms with Crippen molar-refractivity contribution < 1.29 is 4.79 Å². The first-order valence-electron chi connectivity index (χ1n) is 5.80. The summed E-state index contributed by atoms with van der Waals surface area (Å²) in [6.45, 7) is 3.83. The van der Waals surface area contributed by atoms with E-state index in [0.29, 0.717) is 0 Å². The molecule has 16 heavy (non-hydrogen) atoms. The molecule has 2 rings (SSSR count). The number of hydrogen-bond donors (Lipinski definition) is 0. The van der Waals surface area contributed by atoms with E-state index < -0.39 is 0 Å². The van der Waals surface area contributed by atoms with Crippen LogP contribution in [-0.2, 0) is 4.79 Å². The van der Waals surface area contributed by atoms with Crippen LogP contribution in [0.4, 0.5) is 0 Å². The first-order valence-corrected chi connectivity index (χ1v) is 5.80. The van der Waals surface area contributed by atoms with Crippen LogP contribution in [-0.4, -0.2) is 34.2 Å². The van der Waals surface area contributed by atoms with Crippen molar-refractivity contribution in [3.05, 3.63) is 23.8 Å². The van der Waals surface area contributed by atoms with Gasteiger partial charge in [-0.25, -0.2) is 9.97 Å². The SMILES string of the molecule is Cc1nccc(C(C=O)N2CCCCC2)n1. The molecule has 86 valence electrons. The van der Waals surface area contributed by atoms with Gasteiger partial charge in [0.15, 0.2) is 0 Å². The van der Waals surface area contributed by atoms with E-state index in [1.54, 1.807) is 6.20 Å². The minimum atomic E-state index is -0.193. The van der Waals surface area contributed by atoms with Gasteiger partial charge in [0.05, 0.1) is 5.69 Å². The Morgan fingerprint density at radius 1 is 1.38 bits per heavy atom. The fourth-order valence-electron chi connectivity index (χ4n) is 2.18. The highest BCUT2D eigenvalue weighted by Crippen LogP contribution is 2.21. The quantitative estimate of drug-likeness (QED) is 0.723. The molecule has 0 aromatic carbocycles. The second-order valence-electron chi connectivity index (χ2n) is 4.21. The molecular weight excluding hydrogens is 202 g/mol. The molecule has 1 saturated heterocycles. The highest BCUT2D eigenvalue weighted by atomic mass is 16.1. The molecule has 0 saturated carbocycles. The summed E-state index contributed by atoms with van der Waals surface area (Å²) in [4.78, 5) is 21.8. The largest absolute Gasteiger partial charge is 0.301 e. The highest BCUT2D eigenvalue weighted by molar-refractivity contribution is 5.60. The predicted molar refractivity (Wildman–Crippen MR) is 61.0 cm³/mol. The maximum atomic E-state index is 11.2. The molecule has 0 aliphatic carbocycles. The summed E-state index contributed by atoms with van der Waals surface area (Å²) in [5, 5.41) is 0. The van der Waals surface area contributed by atoms with Crippen LogP contribution in [0, 0.1) is 6.92 Å². The lowest BCUT2D eigenvalue weighted by atomic mass is 10.1. The van der Waals surface area contributed by atoms with E-state index in [4.69, 9.17) is 0 Å². The molecule has 1 unspecified atom stereocenters. The summed E-state index contributed by atoms with van der Waals surface area (Å²) in [6, 6.07) is 1.64. The smallest absolute Gasteiger partial charge is 0.143 e. The van der Waals surface area contributed by atoms with Gasteiger partial charge in [-0.1, -0.05) is 6.42 Å². The second-order valence-corrected chi connectivity index (χ2v) is 4.21. The minimum Gasteiger partial charge on any atom is -0.301 e. The van der Waals surface area contributed by atoms with Crippen molar-refractivity contribution in [1.82, 2.24) is 14.9 Å². The molecule has 1 aliphatic rings. The van der Waals surface area contributed by atoms with Gasteiger partial charge >= 0.3 is 0 Å². The molecule has 4 nitrogen and oxygen atoms in total. The topological polar surface area (TPSA) is 46.1 Å². The van der Waals surface area contributed by atoms with Gasteiger partial charge in [-0.05, 0) is 38.9 Å². The van der Waals surface area contributed by atoms with Gasteiger partial charge in [-0.15, -0.1) is 0 Å². The number of nitrogens with zero attached hydrogens (tertiary/aromatic N) is 3. The van der Waals surface area contributed by atoms with Gasteiger partial charge in [-0.2, -0.15) is 0 Å².